The van der Waals surface area contributed by atoms with Gasteiger partial charge in [-0.05, 0) is 50.6 Å². The molecule has 174 valence electrons. The number of benzene rings is 1. The van der Waals surface area contributed by atoms with E-state index in [4.69, 9.17) is 11.6 Å². The van der Waals surface area contributed by atoms with Crippen LogP contribution in [-0.4, -0.2) is 55.6 Å². The normalized spacial score (nSPS) is 16.8. The van der Waals surface area contributed by atoms with Gasteiger partial charge in [-0.25, -0.2) is 14.8 Å². The number of hydrogen-bond acceptors (Lipinski definition) is 6. The number of hydrogen-bond donors (Lipinski definition) is 1. The SMILES string of the molecule is C[C@H]1CCCCN1CCNC(=O)Cn1c(=O)c2cnc(-c3ccc(Cl)cc3)nc2n(C)c1=O. The molecular weight excluding hydrogens is 444 g/mol. The molecule has 1 aromatic carbocycles. The molecule has 4 rings (SSSR count). The lowest BCUT2D eigenvalue weighted by molar-refractivity contribution is -0.121. The quantitative estimate of drug-likeness (QED) is 0.589. The Hall–Kier alpha value is -3.04. The molecule has 1 fully saturated rings. The molecule has 0 saturated carbocycles. The molecule has 1 saturated heterocycles. The Morgan fingerprint density at radius 1 is 1.21 bits per heavy atom. The molecule has 3 heterocycles. The first-order chi connectivity index (χ1) is 15.8. The van der Waals surface area contributed by atoms with Crippen molar-refractivity contribution < 1.29 is 4.79 Å². The second-order valence-corrected chi connectivity index (χ2v) is 8.84. The van der Waals surface area contributed by atoms with Crippen molar-refractivity contribution in [1.82, 2.24) is 29.3 Å². The lowest BCUT2D eigenvalue weighted by atomic mass is 10.0. The first-order valence-corrected chi connectivity index (χ1v) is 11.5. The number of fused-ring (bicyclic) bond motifs is 1. The number of aryl methyl sites for hydroxylation is 1. The van der Waals surface area contributed by atoms with Gasteiger partial charge < -0.3 is 5.32 Å². The number of amides is 1. The van der Waals surface area contributed by atoms with Gasteiger partial charge in [-0.1, -0.05) is 18.0 Å². The van der Waals surface area contributed by atoms with Crippen molar-refractivity contribution in [2.45, 2.75) is 38.8 Å². The number of piperidine rings is 1. The van der Waals surface area contributed by atoms with E-state index in [0.29, 0.717) is 29.0 Å². The fourth-order valence-electron chi connectivity index (χ4n) is 4.19. The number of nitrogens with one attached hydrogen (secondary N) is 1. The second kappa shape index (κ2) is 9.84. The van der Waals surface area contributed by atoms with E-state index in [-0.39, 0.29) is 23.5 Å². The summed E-state index contributed by atoms with van der Waals surface area (Å²) < 4.78 is 2.19. The molecule has 2 aromatic heterocycles. The van der Waals surface area contributed by atoms with Gasteiger partial charge >= 0.3 is 5.69 Å². The summed E-state index contributed by atoms with van der Waals surface area (Å²) >= 11 is 5.93. The number of likely N-dealkylation sites (tertiary alicyclic amines) is 1. The summed E-state index contributed by atoms with van der Waals surface area (Å²) in [6.07, 6.45) is 4.96. The zero-order valence-electron chi connectivity index (χ0n) is 18.8. The Morgan fingerprint density at radius 3 is 2.70 bits per heavy atom. The average molecular weight is 471 g/mol. The number of halogens is 1. The maximum Gasteiger partial charge on any atom is 0.332 e. The number of aromatic nitrogens is 4. The second-order valence-electron chi connectivity index (χ2n) is 8.40. The highest BCUT2D eigenvalue weighted by Gasteiger charge is 2.19. The van der Waals surface area contributed by atoms with Crippen LogP contribution >= 0.6 is 11.6 Å². The Balaban J connectivity index is 1.52. The first kappa shape index (κ1) is 23.1. The van der Waals surface area contributed by atoms with Gasteiger partial charge in [-0.15, -0.1) is 0 Å². The molecule has 0 bridgehead atoms. The van der Waals surface area contributed by atoms with Gasteiger partial charge in [0.15, 0.2) is 11.5 Å². The summed E-state index contributed by atoms with van der Waals surface area (Å²) in [5, 5.41) is 3.58. The zero-order valence-corrected chi connectivity index (χ0v) is 19.5. The van der Waals surface area contributed by atoms with E-state index >= 15 is 0 Å². The maximum atomic E-state index is 13.0. The Bertz CT molecular complexity index is 1280. The zero-order chi connectivity index (χ0) is 23.5. The molecule has 1 amide bonds. The number of nitrogens with zero attached hydrogens (tertiary/aromatic N) is 5. The van der Waals surface area contributed by atoms with Gasteiger partial charge in [-0.3, -0.25) is 23.6 Å². The van der Waals surface area contributed by atoms with Crippen LogP contribution in [0.25, 0.3) is 22.4 Å². The summed E-state index contributed by atoms with van der Waals surface area (Å²) in [4.78, 5) is 49.3. The predicted molar refractivity (Wildman–Crippen MR) is 127 cm³/mol. The third-order valence-corrected chi connectivity index (χ3v) is 6.40. The first-order valence-electron chi connectivity index (χ1n) is 11.1. The summed E-state index contributed by atoms with van der Waals surface area (Å²) in [6.45, 7) is 4.09. The van der Waals surface area contributed by atoms with Crippen LogP contribution in [0.1, 0.15) is 26.2 Å². The van der Waals surface area contributed by atoms with Gasteiger partial charge in [0, 0.05) is 43.0 Å². The Kier molecular flexibility index (Phi) is 6.90. The summed E-state index contributed by atoms with van der Waals surface area (Å²) in [5.74, 6) is -0.00656. The van der Waals surface area contributed by atoms with Crippen LogP contribution < -0.4 is 16.6 Å². The van der Waals surface area contributed by atoms with Crippen LogP contribution in [0, 0.1) is 0 Å². The van der Waals surface area contributed by atoms with Crippen molar-refractivity contribution in [2.75, 3.05) is 19.6 Å². The van der Waals surface area contributed by atoms with Crippen molar-refractivity contribution in [3.05, 3.63) is 56.3 Å². The van der Waals surface area contributed by atoms with E-state index in [9.17, 15) is 14.4 Å². The van der Waals surface area contributed by atoms with Crippen LogP contribution in [-0.2, 0) is 18.4 Å². The van der Waals surface area contributed by atoms with Crippen LogP contribution in [0.4, 0.5) is 0 Å². The highest BCUT2D eigenvalue weighted by molar-refractivity contribution is 6.30. The summed E-state index contributed by atoms with van der Waals surface area (Å²) in [5.41, 5.74) is -0.273. The molecular formula is C23H27ClN6O3. The Labute approximate surface area is 196 Å². The van der Waals surface area contributed by atoms with Crippen molar-refractivity contribution in [3.63, 3.8) is 0 Å². The van der Waals surface area contributed by atoms with E-state index in [1.165, 1.54) is 30.7 Å². The topological polar surface area (TPSA) is 102 Å². The predicted octanol–water partition coefficient (Wildman–Crippen LogP) is 1.80. The van der Waals surface area contributed by atoms with Crippen LogP contribution in [0.5, 0.6) is 0 Å². The number of rotatable bonds is 6. The van der Waals surface area contributed by atoms with Crippen molar-refractivity contribution >= 4 is 28.5 Å². The lowest BCUT2D eigenvalue weighted by Crippen LogP contribution is -2.46. The molecule has 1 aliphatic heterocycles. The molecule has 33 heavy (non-hydrogen) atoms. The van der Waals surface area contributed by atoms with Crippen LogP contribution in [0.15, 0.2) is 40.1 Å². The fourth-order valence-corrected chi connectivity index (χ4v) is 4.31. The minimum absolute atomic E-state index is 0.171. The average Bonchev–Trinajstić information content (AvgIpc) is 2.82. The highest BCUT2D eigenvalue weighted by Crippen LogP contribution is 2.19. The fraction of sp³-hybridized carbons (Fsp3) is 0.435. The smallest absolute Gasteiger partial charge is 0.332 e. The molecule has 1 aliphatic rings. The molecule has 0 unspecified atom stereocenters. The molecule has 10 heteroatoms. The van der Waals surface area contributed by atoms with E-state index < -0.39 is 11.2 Å². The van der Waals surface area contributed by atoms with E-state index in [1.807, 2.05) is 0 Å². The van der Waals surface area contributed by atoms with E-state index in [1.54, 1.807) is 24.3 Å². The van der Waals surface area contributed by atoms with E-state index in [0.717, 1.165) is 24.1 Å². The van der Waals surface area contributed by atoms with Crippen molar-refractivity contribution in [2.24, 2.45) is 7.05 Å². The minimum Gasteiger partial charge on any atom is -0.353 e. The molecule has 0 radical (unpaired) electrons. The number of carbonyl (C=O) groups excluding carboxylic acids is 1. The molecule has 3 aromatic rings. The van der Waals surface area contributed by atoms with Crippen molar-refractivity contribution in [3.8, 4) is 11.4 Å². The highest BCUT2D eigenvalue weighted by atomic mass is 35.5. The van der Waals surface area contributed by atoms with Crippen LogP contribution in [0.3, 0.4) is 0 Å². The molecule has 0 aliphatic carbocycles. The van der Waals surface area contributed by atoms with Gasteiger partial charge in [-0.2, -0.15) is 0 Å². The molecule has 1 atom stereocenters. The van der Waals surface area contributed by atoms with E-state index in [2.05, 4.69) is 27.1 Å². The van der Waals surface area contributed by atoms with Crippen molar-refractivity contribution in [1.29, 1.82) is 0 Å². The maximum absolute atomic E-state index is 13.0. The molecule has 1 N–H and O–H groups in total. The number of carbonyl (C=O) groups is 1. The van der Waals surface area contributed by atoms with Gasteiger partial charge in [0.25, 0.3) is 5.56 Å². The monoisotopic (exact) mass is 470 g/mol. The largest absolute Gasteiger partial charge is 0.353 e. The van der Waals surface area contributed by atoms with Crippen LogP contribution in [0.2, 0.25) is 5.02 Å². The lowest BCUT2D eigenvalue weighted by Gasteiger charge is -2.33. The summed E-state index contributed by atoms with van der Waals surface area (Å²) in [6, 6.07) is 7.46. The van der Waals surface area contributed by atoms with Gasteiger partial charge in [0.05, 0.1) is 0 Å². The third-order valence-electron chi connectivity index (χ3n) is 6.15. The third kappa shape index (κ3) is 4.99. The Morgan fingerprint density at radius 2 is 1.97 bits per heavy atom. The summed E-state index contributed by atoms with van der Waals surface area (Å²) in [7, 11) is 1.52. The van der Waals surface area contributed by atoms with Gasteiger partial charge in [0.2, 0.25) is 5.91 Å². The molecule has 9 nitrogen and oxygen atoms in total. The molecule has 0 spiro atoms. The van der Waals surface area contributed by atoms with Gasteiger partial charge in [0.1, 0.15) is 11.9 Å². The minimum atomic E-state index is -0.604. The standard InChI is InChI=1S/C23H27ClN6O3/c1-15-5-3-4-11-29(15)12-10-25-19(31)14-30-22(32)18-13-26-20(16-6-8-17(24)9-7-16)27-21(18)28(2)23(30)33/h6-9,13,15H,3-5,10-12,14H2,1-2H3,(H,25,31)/t15-/m0/s1.